The van der Waals surface area contributed by atoms with Crippen molar-refractivity contribution in [3.05, 3.63) is 36.4 Å². The quantitative estimate of drug-likeness (QED) is 0.584. The lowest BCUT2D eigenvalue weighted by Crippen LogP contribution is -2.41. The highest BCUT2D eigenvalue weighted by molar-refractivity contribution is 7.21. The zero-order valence-corrected chi connectivity index (χ0v) is 18.1. The fraction of sp³-hybridized carbons (Fsp3) is 0.409. The van der Waals surface area contributed by atoms with E-state index in [1.54, 1.807) is 25.6 Å². The molecule has 0 spiro atoms. The Kier molecular flexibility index (Phi) is 6.44. The lowest BCUT2D eigenvalue weighted by molar-refractivity contribution is -0.125. The van der Waals surface area contributed by atoms with Crippen LogP contribution < -0.4 is 15.0 Å². The van der Waals surface area contributed by atoms with Crippen LogP contribution in [0.25, 0.3) is 21.6 Å². The summed E-state index contributed by atoms with van der Waals surface area (Å²) in [4.78, 5) is 25.0. The number of aromatic nitrogens is 2. The van der Waals surface area contributed by atoms with Gasteiger partial charge in [-0.25, -0.2) is 9.97 Å². The zero-order valence-electron chi connectivity index (χ0n) is 17.3. The van der Waals surface area contributed by atoms with Gasteiger partial charge in [-0.1, -0.05) is 11.3 Å². The summed E-state index contributed by atoms with van der Waals surface area (Å²) in [5.74, 6) is 1.02. The van der Waals surface area contributed by atoms with Crippen molar-refractivity contribution < 1.29 is 14.3 Å². The molecule has 30 heavy (non-hydrogen) atoms. The van der Waals surface area contributed by atoms with Crippen LogP contribution in [-0.2, 0) is 9.53 Å². The molecule has 7 nitrogen and oxygen atoms in total. The number of benzene rings is 1. The van der Waals surface area contributed by atoms with Gasteiger partial charge in [0.15, 0.2) is 5.13 Å². The molecule has 158 valence electrons. The molecule has 2 aromatic heterocycles. The molecule has 0 radical (unpaired) electrons. The molecule has 0 bridgehead atoms. The van der Waals surface area contributed by atoms with Crippen molar-refractivity contribution in [3.63, 3.8) is 0 Å². The van der Waals surface area contributed by atoms with E-state index in [0.29, 0.717) is 13.2 Å². The van der Waals surface area contributed by atoms with Gasteiger partial charge < -0.3 is 19.7 Å². The standard InChI is InChI=1S/C22H26N4O3S/c1-28-14-11-23-20(27)16-9-12-26(13-10-16)22-25-19-8-7-18(24-21(19)30-22)15-3-5-17(29-2)6-4-15/h3-8,16H,9-14H2,1-2H3,(H,23,27). The minimum absolute atomic E-state index is 0.0623. The second-order valence-electron chi connectivity index (χ2n) is 7.29. The van der Waals surface area contributed by atoms with Crippen LogP contribution >= 0.6 is 11.3 Å². The molecule has 0 unspecified atom stereocenters. The third kappa shape index (κ3) is 4.55. The number of carbonyl (C=O) groups is 1. The van der Waals surface area contributed by atoms with Gasteiger partial charge in [-0.05, 0) is 49.2 Å². The summed E-state index contributed by atoms with van der Waals surface area (Å²) in [6.07, 6.45) is 1.67. The summed E-state index contributed by atoms with van der Waals surface area (Å²) in [6, 6.07) is 11.9. The number of rotatable bonds is 7. The van der Waals surface area contributed by atoms with Crippen LogP contribution in [0.15, 0.2) is 36.4 Å². The van der Waals surface area contributed by atoms with E-state index in [-0.39, 0.29) is 11.8 Å². The Bertz CT molecular complexity index is 997. The fourth-order valence-electron chi connectivity index (χ4n) is 3.62. The van der Waals surface area contributed by atoms with Crippen molar-refractivity contribution in [2.75, 3.05) is 45.4 Å². The van der Waals surface area contributed by atoms with Gasteiger partial charge in [0.25, 0.3) is 0 Å². The number of hydrogen-bond donors (Lipinski definition) is 1. The van der Waals surface area contributed by atoms with Gasteiger partial charge in [0.05, 0.1) is 19.4 Å². The predicted molar refractivity (Wildman–Crippen MR) is 119 cm³/mol. The number of amides is 1. The van der Waals surface area contributed by atoms with Crippen LogP contribution in [0.5, 0.6) is 5.75 Å². The van der Waals surface area contributed by atoms with Crippen molar-refractivity contribution in [1.29, 1.82) is 0 Å². The van der Waals surface area contributed by atoms with Crippen molar-refractivity contribution in [1.82, 2.24) is 15.3 Å². The first-order chi connectivity index (χ1) is 14.7. The Balaban J connectivity index is 1.42. The summed E-state index contributed by atoms with van der Waals surface area (Å²) in [5, 5.41) is 3.92. The van der Waals surface area contributed by atoms with Crippen LogP contribution in [0.2, 0.25) is 0 Å². The topological polar surface area (TPSA) is 76.6 Å². The number of anilines is 1. The first kappa shape index (κ1) is 20.6. The van der Waals surface area contributed by atoms with E-state index in [1.807, 2.05) is 36.4 Å². The molecular weight excluding hydrogens is 400 g/mol. The largest absolute Gasteiger partial charge is 0.497 e. The number of methoxy groups -OCH3 is 2. The maximum absolute atomic E-state index is 12.3. The second-order valence-corrected chi connectivity index (χ2v) is 8.25. The molecule has 4 rings (SSSR count). The first-order valence-electron chi connectivity index (χ1n) is 10.1. The molecule has 0 atom stereocenters. The van der Waals surface area contributed by atoms with Gasteiger partial charge >= 0.3 is 0 Å². The van der Waals surface area contributed by atoms with Gasteiger partial charge in [-0.3, -0.25) is 4.79 Å². The average Bonchev–Trinajstić information content (AvgIpc) is 3.23. The number of nitrogens with zero attached hydrogens (tertiary/aromatic N) is 3. The van der Waals surface area contributed by atoms with E-state index >= 15 is 0 Å². The Morgan fingerprint density at radius 1 is 1.13 bits per heavy atom. The molecular formula is C22H26N4O3S. The highest BCUT2D eigenvalue weighted by atomic mass is 32.1. The highest BCUT2D eigenvalue weighted by Gasteiger charge is 2.26. The van der Waals surface area contributed by atoms with E-state index in [0.717, 1.165) is 58.4 Å². The maximum atomic E-state index is 12.3. The molecule has 0 saturated carbocycles. The number of ether oxygens (including phenoxy) is 2. The number of pyridine rings is 1. The Morgan fingerprint density at radius 2 is 1.90 bits per heavy atom. The Hall–Kier alpha value is -2.71. The van der Waals surface area contributed by atoms with Crippen LogP contribution in [-0.4, -0.2) is 56.3 Å². The number of carbonyl (C=O) groups excluding carboxylic acids is 1. The Labute approximate surface area is 180 Å². The smallest absolute Gasteiger partial charge is 0.223 e. The van der Waals surface area contributed by atoms with E-state index in [2.05, 4.69) is 10.2 Å². The number of nitrogens with one attached hydrogen (secondary N) is 1. The summed E-state index contributed by atoms with van der Waals surface area (Å²) in [7, 11) is 3.30. The molecule has 1 amide bonds. The van der Waals surface area contributed by atoms with Gasteiger partial charge in [0.2, 0.25) is 5.91 Å². The molecule has 8 heteroatoms. The predicted octanol–water partition coefficient (Wildman–Crippen LogP) is 3.35. The van der Waals surface area contributed by atoms with Crippen molar-refractivity contribution in [2.45, 2.75) is 12.8 Å². The first-order valence-corrected chi connectivity index (χ1v) is 10.9. The molecule has 1 aliphatic heterocycles. The molecule has 0 aliphatic carbocycles. The normalized spacial score (nSPS) is 14.8. The number of fused-ring (bicyclic) bond motifs is 1. The van der Waals surface area contributed by atoms with Crippen molar-refractivity contribution in [3.8, 4) is 17.0 Å². The third-order valence-corrected chi connectivity index (χ3v) is 6.40. The fourth-order valence-corrected chi connectivity index (χ4v) is 4.61. The summed E-state index contributed by atoms with van der Waals surface area (Å²) in [5.41, 5.74) is 2.88. The molecule has 1 fully saturated rings. The maximum Gasteiger partial charge on any atom is 0.223 e. The summed E-state index contributed by atoms with van der Waals surface area (Å²) >= 11 is 1.61. The monoisotopic (exact) mass is 426 g/mol. The van der Waals surface area contributed by atoms with Crippen LogP contribution in [0.1, 0.15) is 12.8 Å². The minimum Gasteiger partial charge on any atom is -0.497 e. The van der Waals surface area contributed by atoms with E-state index in [9.17, 15) is 4.79 Å². The molecule has 1 N–H and O–H groups in total. The summed E-state index contributed by atoms with van der Waals surface area (Å²) in [6.45, 7) is 2.76. The third-order valence-electron chi connectivity index (χ3n) is 5.37. The number of piperidine rings is 1. The summed E-state index contributed by atoms with van der Waals surface area (Å²) < 4.78 is 10.2. The highest BCUT2D eigenvalue weighted by Crippen LogP contribution is 2.32. The van der Waals surface area contributed by atoms with Gasteiger partial charge in [-0.15, -0.1) is 0 Å². The van der Waals surface area contributed by atoms with Gasteiger partial charge in [0.1, 0.15) is 16.1 Å². The zero-order chi connectivity index (χ0) is 20.9. The van der Waals surface area contributed by atoms with Crippen LogP contribution in [0.4, 0.5) is 5.13 Å². The van der Waals surface area contributed by atoms with Crippen molar-refractivity contribution >= 4 is 32.7 Å². The molecule has 3 aromatic rings. The van der Waals surface area contributed by atoms with Crippen molar-refractivity contribution in [2.24, 2.45) is 5.92 Å². The van der Waals surface area contributed by atoms with Crippen LogP contribution in [0.3, 0.4) is 0 Å². The van der Waals surface area contributed by atoms with E-state index < -0.39 is 0 Å². The molecule has 1 aromatic carbocycles. The molecule has 1 aliphatic rings. The van der Waals surface area contributed by atoms with Crippen LogP contribution in [0, 0.1) is 5.92 Å². The molecule has 1 saturated heterocycles. The average molecular weight is 427 g/mol. The van der Waals surface area contributed by atoms with Gasteiger partial charge in [0, 0.05) is 38.2 Å². The number of thiazole rings is 1. The van der Waals surface area contributed by atoms with E-state index in [4.69, 9.17) is 19.4 Å². The second kappa shape index (κ2) is 9.40. The molecule has 3 heterocycles. The van der Waals surface area contributed by atoms with Gasteiger partial charge in [-0.2, -0.15) is 0 Å². The minimum atomic E-state index is 0.0623. The van der Waals surface area contributed by atoms with E-state index in [1.165, 1.54) is 0 Å². The lowest BCUT2D eigenvalue weighted by Gasteiger charge is -2.30. The lowest BCUT2D eigenvalue weighted by atomic mass is 9.96. The Morgan fingerprint density at radius 3 is 2.60 bits per heavy atom. The number of hydrogen-bond acceptors (Lipinski definition) is 7. The SMILES string of the molecule is COCCNC(=O)C1CCN(c2nc3ccc(-c4ccc(OC)cc4)nc3s2)CC1.